The van der Waals surface area contributed by atoms with E-state index in [4.69, 9.17) is 0 Å². The number of Topliss-reactive ketones (excluding diaryl/α,β-unsaturated/α-hetero) is 1. The summed E-state index contributed by atoms with van der Waals surface area (Å²) in [5.41, 5.74) is 1.94. The molecule has 0 saturated heterocycles. The number of carbonyl (C=O) groups excluding carboxylic acids is 1. The fourth-order valence-corrected chi connectivity index (χ4v) is 4.14. The van der Waals surface area contributed by atoms with Crippen LogP contribution in [-0.4, -0.2) is 32.8 Å². The molecule has 0 aromatic carbocycles. The predicted molar refractivity (Wildman–Crippen MR) is 99.2 cm³/mol. The van der Waals surface area contributed by atoms with E-state index >= 15 is 0 Å². The van der Waals surface area contributed by atoms with Crippen LogP contribution in [0.25, 0.3) is 0 Å². The third-order valence-electron chi connectivity index (χ3n) is 5.83. The number of hydrogen-bond acceptors (Lipinski definition) is 4. The van der Waals surface area contributed by atoms with Crippen molar-refractivity contribution in [2.45, 2.75) is 77.9 Å². The summed E-state index contributed by atoms with van der Waals surface area (Å²) >= 11 is 0. The normalized spacial score (nSPS) is 33.8. The van der Waals surface area contributed by atoms with Gasteiger partial charge in [-0.2, -0.15) is 0 Å². The molecular weight excluding hydrogens is 316 g/mol. The zero-order valence-corrected chi connectivity index (χ0v) is 15.9. The average Bonchev–Trinajstić information content (AvgIpc) is 2.82. The molecule has 0 aliphatic heterocycles. The molecule has 2 aliphatic carbocycles. The molecule has 1 fully saturated rings. The second-order valence-electron chi connectivity index (χ2n) is 8.12. The van der Waals surface area contributed by atoms with E-state index in [-0.39, 0.29) is 36.2 Å². The fraction of sp³-hybridized carbons (Fsp3) is 0.667. The number of rotatable bonds is 5. The van der Waals surface area contributed by atoms with Crippen molar-refractivity contribution in [3.63, 3.8) is 0 Å². The van der Waals surface area contributed by atoms with E-state index in [1.165, 1.54) is 11.1 Å². The molecule has 2 rings (SSSR count). The van der Waals surface area contributed by atoms with Crippen LogP contribution in [-0.2, 0) is 4.79 Å². The van der Waals surface area contributed by atoms with Gasteiger partial charge in [0.05, 0.1) is 5.60 Å². The van der Waals surface area contributed by atoms with Gasteiger partial charge in [-0.15, -0.1) is 0 Å². The van der Waals surface area contributed by atoms with Crippen LogP contribution < -0.4 is 0 Å². The Morgan fingerprint density at radius 1 is 1.24 bits per heavy atom. The van der Waals surface area contributed by atoms with Crippen LogP contribution in [0.5, 0.6) is 0 Å². The van der Waals surface area contributed by atoms with Crippen molar-refractivity contribution in [3.05, 3.63) is 34.6 Å². The van der Waals surface area contributed by atoms with E-state index in [9.17, 15) is 20.1 Å². The van der Waals surface area contributed by atoms with E-state index in [0.717, 1.165) is 12.8 Å². The number of carbonyl (C=O) groups is 1. The number of aliphatic hydroxyl groups excluding tert-OH is 2. The molecule has 0 unspecified atom stereocenters. The summed E-state index contributed by atoms with van der Waals surface area (Å²) in [7, 11) is 0. The minimum Gasteiger partial charge on any atom is -0.509 e. The first-order valence-corrected chi connectivity index (χ1v) is 9.29. The number of ketones is 1. The lowest BCUT2D eigenvalue weighted by Gasteiger charge is -2.32. The average molecular weight is 348 g/mol. The van der Waals surface area contributed by atoms with Gasteiger partial charge in [0.1, 0.15) is 11.9 Å². The predicted octanol–water partition coefficient (Wildman–Crippen LogP) is 3.99. The van der Waals surface area contributed by atoms with Crippen LogP contribution in [0.3, 0.4) is 0 Å². The molecule has 4 nitrogen and oxygen atoms in total. The molecule has 25 heavy (non-hydrogen) atoms. The quantitative estimate of drug-likeness (QED) is 0.657. The molecule has 3 N–H and O–H groups in total. The van der Waals surface area contributed by atoms with E-state index in [0.29, 0.717) is 18.4 Å². The maximum Gasteiger partial charge on any atom is 0.162 e. The van der Waals surface area contributed by atoms with E-state index in [1.807, 2.05) is 6.92 Å². The maximum absolute atomic E-state index is 12.2. The van der Waals surface area contributed by atoms with Gasteiger partial charge in [-0.1, -0.05) is 23.3 Å². The molecule has 140 valence electrons. The van der Waals surface area contributed by atoms with Gasteiger partial charge in [0.25, 0.3) is 0 Å². The first kappa shape index (κ1) is 19.9. The van der Waals surface area contributed by atoms with Crippen molar-refractivity contribution in [2.24, 2.45) is 11.8 Å². The maximum atomic E-state index is 12.2. The van der Waals surface area contributed by atoms with Crippen molar-refractivity contribution in [3.8, 4) is 0 Å². The Hall–Kier alpha value is -1.39. The monoisotopic (exact) mass is 348 g/mol. The summed E-state index contributed by atoms with van der Waals surface area (Å²) in [6.07, 6.45) is 6.69. The van der Waals surface area contributed by atoms with Crippen LogP contribution >= 0.6 is 0 Å². The number of hydrogen-bond donors (Lipinski definition) is 3. The molecular formula is C21H32O4. The molecule has 0 heterocycles. The summed E-state index contributed by atoms with van der Waals surface area (Å²) in [5, 5.41) is 30.9. The second kappa shape index (κ2) is 7.88. The highest BCUT2D eigenvalue weighted by atomic mass is 16.3. The van der Waals surface area contributed by atoms with Crippen LogP contribution in [0.15, 0.2) is 34.6 Å². The third-order valence-corrected chi connectivity index (χ3v) is 5.83. The van der Waals surface area contributed by atoms with E-state index in [2.05, 4.69) is 32.9 Å². The fourth-order valence-electron chi connectivity index (χ4n) is 4.14. The number of allylic oxidation sites excluding steroid dienone is 5. The first-order valence-electron chi connectivity index (χ1n) is 9.29. The molecule has 0 bridgehead atoms. The van der Waals surface area contributed by atoms with Crippen molar-refractivity contribution in [1.82, 2.24) is 0 Å². The Labute approximate surface area is 151 Å². The highest BCUT2D eigenvalue weighted by Gasteiger charge is 2.45. The van der Waals surface area contributed by atoms with Gasteiger partial charge in [-0.3, -0.25) is 4.79 Å². The lowest BCUT2D eigenvalue weighted by molar-refractivity contribution is -0.117. The Bertz CT molecular complexity index is 605. The minimum atomic E-state index is -0.952. The molecule has 1 saturated carbocycles. The Kier molecular flexibility index (Phi) is 6.28. The SMILES string of the molecule is CC(C)=CC/C=C(/C)[C@@H]1CC[C@@](C)(O)[C@H]1CC1=C(O)[C@@H](O)CCC1=O. The van der Waals surface area contributed by atoms with Gasteiger partial charge in [0, 0.05) is 12.0 Å². The molecule has 4 heteroatoms. The lowest BCUT2D eigenvalue weighted by atomic mass is 9.76. The third kappa shape index (κ3) is 4.62. The molecule has 0 aromatic rings. The van der Waals surface area contributed by atoms with Crippen LogP contribution in [0.4, 0.5) is 0 Å². The molecule has 0 aromatic heterocycles. The van der Waals surface area contributed by atoms with E-state index in [1.54, 1.807) is 0 Å². The smallest absolute Gasteiger partial charge is 0.162 e. The highest BCUT2D eigenvalue weighted by molar-refractivity contribution is 5.96. The van der Waals surface area contributed by atoms with Crippen molar-refractivity contribution in [2.75, 3.05) is 0 Å². The summed E-state index contributed by atoms with van der Waals surface area (Å²) in [6.45, 7) is 8.05. The van der Waals surface area contributed by atoms with Crippen LogP contribution in [0.2, 0.25) is 0 Å². The van der Waals surface area contributed by atoms with Crippen LogP contribution in [0, 0.1) is 11.8 Å². The molecule has 0 amide bonds. The zero-order valence-electron chi connectivity index (χ0n) is 15.9. The highest BCUT2D eigenvalue weighted by Crippen LogP contribution is 2.47. The van der Waals surface area contributed by atoms with Gasteiger partial charge in [0.15, 0.2) is 5.78 Å². The molecule has 0 radical (unpaired) electrons. The largest absolute Gasteiger partial charge is 0.509 e. The zero-order chi connectivity index (χ0) is 18.8. The van der Waals surface area contributed by atoms with Crippen molar-refractivity contribution < 1.29 is 20.1 Å². The molecule has 2 aliphatic rings. The van der Waals surface area contributed by atoms with Gasteiger partial charge >= 0.3 is 0 Å². The molecule has 0 spiro atoms. The summed E-state index contributed by atoms with van der Waals surface area (Å²) < 4.78 is 0. The van der Waals surface area contributed by atoms with Gasteiger partial charge < -0.3 is 15.3 Å². The number of aliphatic hydroxyl groups is 3. The van der Waals surface area contributed by atoms with Crippen LogP contribution in [0.1, 0.15) is 66.2 Å². The standard InChI is InChI=1S/C21H32O4/c1-13(2)6-5-7-14(3)15-10-11-21(4,25)17(15)12-16-18(22)8-9-19(23)20(16)24/h6-7,15,17,19,23-25H,5,8-12H2,1-4H3/b14-7-/t15-,17-,19-,21+/m0/s1. The van der Waals surface area contributed by atoms with Gasteiger partial charge in [-0.25, -0.2) is 0 Å². The van der Waals surface area contributed by atoms with Gasteiger partial charge in [0.2, 0.25) is 0 Å². The van der Waals surface area contributed by atoms with Gasteiger partial charge in [-0.05, 0) is 71.6 Å². The summed E-state index contributed by atoms with van der Waals surface area (Å²) in [5.74, 6) is -0.228. The first-order chi connectivity index (χ1) is 11.6. The van der Waals surface area contributed by atoms with Crippen molar-refractivity contribution in [1.29, 1.82) is 0 Å². The Balaban J connectivity index is 2.24. The second-order valence-corrected chi connectivity index (χ2v) is 8.12. The van der Waals surface area contributed by atoms with E-state index < -0.39 is 11.7 Å². The topological polar surface area (TPSA) is 77.8 Å². The summed E-state index contributed by atoms with van der Waals surface area (Å²) in [6, 6.07) is 0. The van der Waals surface area contributed by atoms with Crippen molar-refractivity contribution >= 4 is 5.78 Å². The summed E-state index contributed by atoms with van der Waals surface area (Å²) in [4.78, 5) is 12.2. The Morgan fingerprint density at radius 3 is 2.56 bits per heavy atom. The minimum absolute atomic E-state index is 0.101. The molecule has 4 atom stereocenters. The Morgan fingerprint density at radius 2 is 1.92 bits per heavy atom. The lowest BCUT2D eigenvalue weighted by Crippen LogP contribution is -2.35.